The van der Waals surface area contributed by atoms with Gasteiger partial charge in [0.15, 0.2) is 0 Å². The van der Waals surface area contributed by atoms with Crippen molar-refractivity contribution in [3.05, 3.63) is 50.4 Å². The van der Waals surface area contributed by atoms with E-state index in [1.54, 1.807) is 17.5 Å². The fourth-order valence-electron chi connectivity index (χ4n) is 2.00. The average Bonchev–Trinajstić information content (AvgIpc) is 2.73. The van der Waals surface area contributed by atoms with Gasteiger partial charge in [-0.05, 0) is 46.6 Å². The van der Waals surface area contributed by atoms with Gasteiger partial charge in [0, 0.05) is 20.9 Å². The average molecular weight is 370 g/mol. The van der Waals surface area contributed by atoms with E-state index in [1.807, 2.05) is 25.1 Å². The van der Waals surface area contributed by atoms with Gasteiger partial charge >= 0.3 is 0 Å². The number of thiophene rings is 1. The second-order valence-corrected chi connectivity index (χ2v) is 6.60. The number of fused-ring (bicyclic) bond motifs is 1. The Morgan fingerprint density at radius 1 is 1.35 bits per heavy atom. The Morgan fingerprint density at radius 3 is 2.85 bits per heavy atom. The lowest BCUT2D eigenvalue weighted by Gasteiger charge is -2.12. The van der Waals surface area contributed by atoms with Crippen LogP contribution in [0, 0.1) is 6.92 Å². The molecular weight excluding hydrogens is 360 g/mol. The maximum atomic E-state index is 6.30. The van der Waals surface area contributed by atoms with Crippen molar-refractivity contribution < 1.29 is 0 Å². The molecule has 3 rings (SSSR count). The Bertz CT molecular complexity index is 775. The molecule has 7 heteroatoms. The lowest BCUT2D eigenvalue weighted by Crippen LogP contribution is -2.15. The van der Waals surface area contributed by atoms with Crippen LogP contribution in [0.4, 0.5) is 0 Å². The number of aryl methyl sites for hydroxylation is 1. The highest BCUT2D eigenvalue weighted by molar-refractivity contribution is 9.10. The molecular formula is C13H10BrClN4S. The molecule has 1 atom stereocenters. The van der Waals surface area contributed by atoms with Crippen LogP contribution in [0.15, 0.2) is 28.9 Å². The highest BCUT2D eigenvalue weighted by Gasteiger charge is 2.21. The monoisotopic (exact) mass is 368 g/mol. The lowest BCUT2D eigenvalue weighted by molar-refractivity contribution is 0.800. The van der Waals surface area contributed by atoms with Gasteiger partial charge in [0.2, 0.25) is 5.28 Å². The van der Waals surface area contributed by atoms with Crippen LogP contribution in [0.25, 0.3) is 10.2 Å². The van der Waals surface area contributed by atoms with E-state index in [4.69, 9.17) is 17.3 Å². The number of hydrogen-bond acceptors (Lipinski definition) is 5. The van der Waals surface area contributed by atoms with Crippen LogP contribution in [0.3, 0.4) is 0 Å². The Labute approximate surface area is 133 Å². The molecule has 0 radical (unpaired) electrons. The topological polar surface area (TPSA) is 64.7 Å². The second-order valence-electron chi connectivity index (χ2n) is 4.26. The summed E-state index contributed by atoms with van der Waals surface area (Å²) in [5.74, 6) is 0. The minimum Gasteiger partial charge on any atom is -0.318 e. The zero-order valence-corrected chi connectivity index (χ0v) is 13.6. The van der Waals surface area contributed by atoms with Crippen LogP contribution in [-0.4, -0.2) is 15.0 Å². The molecule has 0 saturated carbocycles. The first-order chi connectivity index (χ1) is 9.58. The fourth-order valence-corrected chi connectivity index (χ4v) is 3.91. The van der Waals surface area contributed by atoms with Gasteiger partial charge in [-0.15, -0.1) is 11.3 Å². The largest absolute Gasteiger partial charge is 0.318 e. The number of hydrogen-bond donors (Lipinski definition) is 1. The Hall–Kier alpha value is -1.08. The van der Waals surface area contributed by atoms with Gasteiger partial charge in [-0.25, -0.2) is 9.97 Å². The predicted molar refractivity (Wildman–Crippen MR) is 85.1 cm³/mol. The zero-order chi connectivity index (χ0) is 14.3. The summed E-state index contributed by atoms with van der Waals surface area (Å²) in [6.07, 6.45) is 1.71. The van der Waals surface area contributed by atoms with Crippen molar-refractivity contribution in [3.8, 4) is 0 Å². The summed E-state index contributed by atoms with van der Waals surface area (Å²) in [4.78, 5) is 14.8. The molecule has 3 aromatic rings. The van der Waals surface area contributed by atoms with Crippen LogP contribution < -0.4 is 5.73 Å². The summed E-state index contributed by atoms with van der Waals surface area (Å²) in [5.41, 5.74) is 7.74. The molecule has 3 aromatic heterocycles. The highest BCUT2D eigenvalue weighted by atomic mass is 79.9. The van der Waals surface area contributed by atoms with E-state index in [0.717, 1.165) is 25.3 Å². The molecule has 0 bridgehead atoms. The van der Waals surface area contributed by atoms with E-state index in [2.05, 4.69) is 30.9 Å². The molecule has 1 unspecified atom stereocenters. The van der Waals surface area contributed by atoms with Gasteiger partial charge < -0.3 is 5.73 Å². The molecule has 2 N–H and O–H groups in total. The van der Waals surface area contributed by atoms with Crippen molar-refractivity contribution in [2.75, 3.05) is 0 Å². The molecule has 0 spiro atoms. The SMILES string of the molecule is Cc1sc2nc(Cl)nc(C(N)c3ccccn3)c2c1Br. The Kier molecular flexibility index (Phi) is 3.72. The Morgan fingerprint density at radius 2 is 2.15 bits per heavy atom. The first kappa shape index (κ1) is 13.9. The lowest BCUT2D eigenvalue weighted by atomic mass is 10.1. The minimum absolute atomic E-state index is 0.202. The van der Waals surface area contributed by atoms with E-state index in [0.29, 0.717) is 5.69 Å². The van der Waals surface area contributed by atoms with Gasteiger partial charge in [0.05, 0.1) is 17.4 Å². The van der Waals surface area contributed by atoms with Crippen molar-refractivity contribution in [2.24, 2.45) is 5.73 Å². The molecule has 102 valence electrons. The summed E-state index contributed by atoms with van der Waals surface area (Å²) < 4.78 is 0.968. The van der Waals surface area contributed by atoms with Crippen LogP contribution in [0.2, 0.25) is 5.28 Å². The van der Waals surface area contributed by atoms with E-state index in [9.17, 15) is 0 Å². The van der Waals surface area contributed by atoms with Gasteiger partial charge in [0.25, 0.3) is 0 Å². The fraction of sp³-hybridized carbons (Fsp3) is 0.154. The van der Waals surface area contributed by atoms with Gasteiger partial charge in [-0.2, -0.15) is 0 Å². The zero-order valence-electron chi connectivity index (χ0n) is 10.5. The maximum absolute atomic E-state index is 6.30. The number of rotatable bonds is 2. The van der Waals surface area contributed by atoms with Gasteiger partial charge in [-0.3, -0.25) is 4.98 Å². The molecule has 4 nitrogen and oxygen atoms in total. The summed E-state index contributed by atoms with van der Waals surface area (Å²) in [6.45, 7) is 2.01. The first-order valence-electron chi connectivity index (χ1n) is 5.86. The molecule has 0 amide bonds. The normalized spacial score (nSPS) is 12.8. The summed E-state index contributed by atoms with van der Waals surface area (Å²) >= 11 is 11.1. The number of nitrogens with zero attached hydrogens (tertiary/aromatic N) is 3. The predicted octanol–water partition coefficient (Wildman–Crippen LogP) is 3.86. The quantitative estimate of drug-likeness (QED) is 0.697. The van der Waals surface area contributed by atoms with Crippen LogP contribution in [0.1, 0.15) is 22.3 Å². The number of halogens is 2. The minimum atomic E-state index is -0.440. The molecule has 0 aliphatic rings. The molecule has 20 heavy (non-hydrogen) atoms. The van der Waals surface area contributed by atoms with Crippen LogP contribution >= 0.6 is 38.9 Å². The number of pyridine rings is 1. The standard InChI is InChI=1S/C13H10BrClN4S/c1-6-9(14)8-11(18-13(15)19-12(8)20-6)10(16)7-4-2-3-5-17-7/h2-5,10H,16H2,1H3. The molecule has 0 aliphatic carbocycles. The van der Waals surface area contributed by atoms with Crippen molar-refractivity contribution in [1.29, 1.82) is 0 Å². The van der Waals surface area contributed by atoms with Crippen molar-refractivity contribution >= 4 is 49.1 Å². The van der Waals surface area contributed by atoms with E-state index >= 15 is 0 Å². The summed E-state index contributed by atoms with van der Waals surface area (Å²) in [7, 11) is 0. The Balaban J connectivity index is 2.25. The van der Waals surface area contributed by atoms with Gasteiger partial charge in [-0.1, -0.05) is 6.07 Å². The van der Waals surface area contributed by atoms with Crippen molar-refractivity contribution in [2.45, 2.75) is 13.0 Å². The first-order valence-corrected chi connectivity index (χ1v) is 7.85. The summed E-state index contributed by atoms with van der Waals surface area (Å²) in [6, 6.07) is 5.18. The van der Waals surface area contributed by atoms with Crippen molar-refractivity contribution in [1.82, 2.24) is 15.0 Å². The van der Waals surface area contributed by atoms with Crippen LogP contribution in [-0.2, 0) is 0 Å². The van der Waals surface area contributed by atoms with Crippen LogP contribution in [0.5, 0.6) is 0 Å². The third-order valence-electron chi connectivity index (χ3n) is 2.96. The van der Waals surface area contributed by atoms with E-state index in [-0.39, 0.29) is 5.28 Å². The molecule has 3 heterocycles. The number of nitrogens with two attached hydrogens (primary N) is 1. The molecule has 0 aromatic carbocycles. The maximum Gasteiger partial charge on any atom is 0.224 e. The number of aromatic nitrogens is 3. The smallest absolute Gasteiger partial charge is 0.224 e. The van der Waals surface area contributed by atoms with E-state index in [1.165, 1.54) is 0 Å². The second kappa shape index (κ2) is 5.37. The molecule has 0 aliphatic heterocycles. The highest BCUT2D eigenvalue weighted by Crippen LogP contribution is 2.38. The van der Waals surface area contributed by atoms with Gasteiger partial charge in [0.1, 0.15) is 4.83 Å². The molecule has 0 saturated heterocycles. The third kappa shape index (κ3) is 2.33. The van der Waals surface area contributed by atoms with E-state index < -0.39 is 6.04 Å². The summed E-state index contributed by atoms with van der Waals surface area (Å²) in [5, 5.41) is 1.11. The van der Waals surface area contributed by atoms with Crippen molar-refractivity contribution in [3.63, 3.8) is 0 Å². The third-order valence-corrected chi connectivity index (χ3v) is 5.38. The molecule has 0 fully saturated rings.